The summed E-state index contributed by atoms with van der Waals surface area (Å²) in [5, 5.41) is 14.0. The molecule has 2 rings (SSSR count). The Morgan fingerprint density at radius 2 is 2.43 bits per heavy atom. The quantitative estimate of drug-likeness (QED) is 0.598. The van der Waals surface area contributed by atoms with Crippen LogP contribution in [-0.2, 0) is 0 Å². The topological polar surface area (TPSA) is 55.2 Å². The van der Waals surface area contributed by atoms with E-state index in [2.05, 4.69) is 5.32 Å². The first kappa shape index (κ1) is 9.48. The SMILES string of the molecule is O=[N+]([O-])c1cccc([C@H]2NCCS2)c1. The van der Waals surface area contributed by atoms with E-state index in [-0.39, 0.29) is 16.0 Å². The summed E-state index contributed by atoms with van der Waals surface area (Å²) in [6, 6.07) is 6.80. The Morgan fingerprint density at radius 3 is 3.07 bits per heavy atom. The van der Waals surface area contributed by atoms with Crippen LogP contribution in [-0.4, -0.2) is 17.2 Å². The normalized spacial score (nSPS) is 21.0. The molecule has 0 amide bonds. The summed E-state index contributed by atoms with van der Waals surface area (Å²) in [6.07, 6.45) is 0. The van der Waals surface area contributed by atoms with Crippen molar-refractivity contribution in [1.82, 2.24) is 5.32 Å². The zero-order valence-electron chi connectivity index (χ0n) is 7.47. The molecule has 0 bridgehead atoms. The van der Waals surface area contributed by atoms with Gasteiger partial charge in [0.2, 0.25) is 0 Å². The van der Waals surface area contributed by atoms with Crippen molar-refractivity contribution >= 4 is 17.4 Å². The van der Waals surface area contributed by atoms with Gasteiger partial charge in [0, 0.05) is 24.4 Å². The van der Waals surface area contributed by atoms with Crippen molar-refractivity contribution in [2.45, 2.75) is 5.37 Å². The lowest BCUT2D eigenvalue weighted by Crippen LogP contribution is -2.11. The van der Waals surface area contributed by atoms with Gasteiger partial charge in [0.05, 0.1) is 10.3 Å². The van der Waals surface area contributed by atoms with Gasteiger partial charge in [-0.05, 0) is 5.56 Å². The molecule has 1 saturated heterocycles. The minimum absolute atomic E-state index is 0.164. The fraction of sp³-hybridized carbons (Fsp3) is 0.333. The first-order valence-electron chi connectivity index (χ1n) is 4.37. The number of nitro groups is 1. The molecule has 1 aliphatic rings. The minimum Gasteiger partial charge on any atom is -0.301 e. The molecule has 1 heterocycles. The fourth-order valence-electron chi connectivity index (χ4n) is 1.44. The standard InChI is InChI=1S/C9H10N2O2S/c12-11(13)8-3-1-2-7(6-8)9-10-4-5-14-9/h1-3,6,9-10H,4-5H2/t9-/m0/s1. The molecule has 0 aromatic heterocycles. The first-order valence-corrected chi connectivity index (χ1v) is 5.41. The van der Waals surface area contributed by atoms with E-state index in [0.717, 1.165) is 17.9 Å². The van der Waals surface area contributed by atoms with Crippen molar-refractivity contribution in [3.8, 4) is 0 Å². The molecular formula is C9H10N2O2S. The summed E-state index contributed by atoms with van der Waals surface area (Å²) < 4.78 is 0. The van der Waals surface area contributed by atoms with Crippen LogP contribution in [0.15, 0.2) is 24.3 Å². The average molecular weight is 210 g/mol. The van der Waals surface area contributed by atoms with E-state index >= 15 is 0 Å². The van der Waals surface area contributed by atoms with Gasteiger partial charge in [-0.2, -0.15) is 0 Å². The van der Waals surface area contributed by atoms with Crippen LogP contribution in [0.5, 0.6) is 0 Å². The van der Waals surface area contributed by atoms with Crippen LogP contribution in [0.2, 0.25) is 0 Å². The molecule has 0 aliphatic carbocycles. The van der Waals surface area contributed by atoms with Gasteiger partial charge in [-0.25, -0.2) is 0 Å². The molecule has 0 unspecified atom stereocenters. The van der Waals surface area contributed by atoms with E-state index in [1.807, 2.05) is 6.07 Å². The van der Waals surface area contributed by atoms with Crippen LogP contribution >= 0.6 is 11.8 Å². The predicted molar refractivity (Wildman–Crippen MR) is 56.3 cm³/mol. The molecular weight excluding hydrogens is 200 g/mol. The number of hydrogen-bond acceptors (Lipinski definition) is 4. The van der Waals surface area contributed by atoms with Crippen LogP contribution in [0.4, 0.5) is 5.69 Å². The second kappa shape index (κ2) is 3.98. The molecule has 5 heteroatoms. The zero-order chi connectivity index (χ0) is 9.97. The Bertz CT molecular complexity index is 350. The molecule has 14 heavy (non-hydrogen) atoms. The first-order chi connectivity index (χ1) is 6.77. The molecule has 0 radical (unpaired) electrons. The maximum atomic E-state index is 10.5. The summed E-state index contributed by atoms with van der Waals surface area (Å²) in [7, 11) is 0. The highest BCUT2D eigenvalue weighted by molar-refractivity contribution is 7.99. The third-order valence-electron chi connectivity index (χ3n) is 2.10. The summed E-state index contributed by atoms with van der Waals surface area (Å²) >= 11 is 1.78. The zero-order valence-corrected chi connectivity index (χ0v) is 8.29. The number of benzene rings is 1. The molecule has 1 fully saturated rings. The number of rotatable bonds is 2. The Morgan fingerprint density at radius 1 is 1.57 bits per heavy atom. The molecule has 0 spiro atoms. The highest BCUT2D eigenvalue weighted by atomic mass is 32.2. The molecule has 1 aromatic rings. The lowest BCUT2D eigenvalue weighted by atomic mass is 10.2. The third-order valence-corrected chi connectivity index (χ3v) is 3.31. The Kier molecular flexibility index (Phi) is 2.69. The van der Waals surface area contributed by atoms with Crippen molar-refractivity contribution in [2.24, 2.45) is 0 Å². The maximum absolute atomic E-state index is 10.5. The molecule has 1 aliphatic heterocycles. The smallest absolute Gasteiger partial charge is 0.269 e. The maximum Gasteiger partial charge on any atom is 0.269 e. The van der Waals surface area contributed by atoms with E-state index in [0.29, 0.717) is 0 Å². The van der Waals surface area contributed by atoms with E-state index < -0.39 is 0 Å². The lowest BCUT2D eigenvalue weighted by molar-refractivity contribution is -0.384. The van der Waals surface area contributed by atoms with Gasteiger partial charge >= 0.3 is 0 Å². The van der Waals surface area contributed by atoms with Gasteiger partial charge in [-0.3, -0.25) is 10.1 Å². The number of hydrogen-bond donors (Lipinski definition) is 1. The van der Waals surface area contributed by atoms with Crippen molar-refractivity contribution in [3.05, 3.63) is 39.9 Å². The summed E-state index contributed by atoms with van der Waals surface area (Å²) in [5.74, 6) is 1.06. The van der Waals surface area contributed by atoms with Gasteiger partial charge in [-0.15, -0.1) is 11.8 Å². The number of nitro benzene ring substituents is 1. The Labute approximate surface area is 85.8 Å². The number of thioether (sulfide) groups is 1. The summed E-state index contributed by atoms with van der Waals surface area (Å²) in [6.45, 7) is 0.970. The second-order valence-electron chi connectivity index (χ2n) is 3.06. The van der Waals surface area contributed by atoms with Gasteiger partial charge in [0.25, 0.3) is 5.69 Å². The van der Waals surface area contributed by atoms with Gasteiger partial charge in [-0.1, -0.05) is 12.1 Å². The number of non-ortho nitro benzene ring substituents is 1. The highest BCUT2D eigenvalue weighted by Crippen LogP contribution is 2.31. The van der Waals surface area contributed by atoms with Crippen molar-refractivity contribution in [1.29, 1.82) is 0 Å². The highest BCUT2D eigenvalue weighted by Gasteiger charge is 2.18. The molecule has 1 N–H and O–H groups in total. The van der Waals surface area contributed by atoms with Gasteiger partial charge < -0.3 is 5.32 Å². The second-order valence-corrected chi connectivity index (χ2v) is 4.27. The fourth-order valence-corrected chi connectivity index (χ4v) is 2.49. The van der Waals surface area contributed by atoms with Crippen LogP contribution in [0.1, 0.15) is 10.9 Å². The lowest BCUT2D eigenvalue weighted by Gasteiger charge is -2.08. The van der Waals surface area contributed by atoms with Gasteiger partial charge in [0.1, 0.15) is 0 Å². The van der Waals surface area contributed by atoms with Crippen molar-refractivity contribution < 1.29 is 4.92 Å². The van der Waals surface area contributed by atoms with Crippen molar-refractivity contribution in [2.75, 3.05) is 12.3 Å². The van der Waals surface area contributed by atoms with Crippen LogP contribution in [0, 0.1) is 10.1 Å². The largest absolute Gasteiger partial charge is 0.301 e. The van der Waals surface area contributed by atoms with Gasteiger partial charge in [0.15, 0.2) is 0 Å². The number of nitrogens with zero attached hydrogens (tertiary/aromatic N) is 1. The molecule has 1 aromatic carbocycles. The third kappa shape index (κ3) is 1.88. The Hall–Kier alpha value is -1.07. The summed E-state index contributed by atoms with van der Waals surface area (Å²) in [4.78, 5) is 10.2. The average Bonchev–Trinajstić information content (AvgIpc) is 2.71. The van der Waals surface area contributed by atoms with Crippen molar-refractivity contribution in [3.63, 3.8) is 0 Å². The van der Waals surface area contributed by atoms with E-state index in [4.69, 9.17) is 0 Å². The number of nitrogens with one attached hydrogen (secondary N) is 1. The summed E-state index contributed by atoms with van der Waals surface area (Å²) in [5.41, 5.74) is 1.15. The van der Waals surface area contributed by atoms with E-state index in [9.17, 15) is 10.1 Å². The monoisotopic (exact) mass is 210 g/mol. The molecule has 4 nitrogen and oxygen atoms in total. The minimum atomic E-state index is -0.358. The van der Waals surface area contributed by atoms with Crippen LogP contribution in [0.3, 0.4) is 0 Å². The predicted octanol–water partition coefficient (Wildman–Crippen LogP) is 1.93. The van der Waals surface area contributed by atoms with Crippen LogP contribution < -0.4 is 5.32 Å². The molecule has 0 saturated carbocycles. The molecule has 1 atom stereocenters. The van der Waals surface area contributed by atoms with E-state index in [1.54, 1.807) is 23.9 Å². The van der Waals surface area contributed by atoms with Crippen LogP contribution in [0.25, 0.3) is 0 Å². The Balaban J connectivity index is 2.25. The molecule has 74 valence electrons. The van der Waals surface area contributed by atoms with E-state index in [1.165, 1.54) is 6.07 Å².